The molecule has 0 atom stereocenters. The van der Waals surface area contributed by atoms with E-state index in [1.807, 2.05) is 60.7 Å². The smallest absolute Gasteiger partial charge is 0.414 e. The van der Waals surface area contributed by atoms with E-state index in [1.165, 1.54) is 6.42 Å². The number of carbonyl (C=O) groups is 3. The molecule has 2 aliphatic rings. The maximum absolute atomic E-state index is 14.4. The molecule has 0 unspecified atom stereocenters. The lowest BCUT2D eigenvalue weighted by Gasteiger charge is -2.27. The molecule has 3 aromatic carbocycles. The Labute approximate surface area is 294 Å². The van der Waals surface area contributed by atoms with Crippen molar-refractivity contribution in [2.75, 3.05) is 4.90 Å². The number of hydrogen-bond acceptors (Lipinski definition) is 7. The van der Waals surface area contributed by atoms with E-state index in [4.69, 9.17) is 14.6 Å². The molecule has 264 valence electrons. The van der Waals surface area contributed by atoms with E-state index >= 15 is 0 Å². The Hall–Kier alpha value is -5.19. The molecule has 0 aromatic heterocycles. The predicted octanol–water partition coefficient (Wildman–Crippen LogP) is 8.65. The van der Waals surface area contributed by atoms with Gasteiger partial charge < -0.3 is 9.47 Å². The first-order valence-corrected chi connectivity index (χ1v) is 17.2. The van der Waals surface area contributed by atoms with Gasteiger partial charge in [-0.25, -0.2) is 24.4 Å². The Morgan fingerprint density at radius 3 is 1.92 bits per heavy atom. The summed E-state index contributed by atoms with van der Waals surface area (Å²) in [5.41, 5.74) is 3.56. The highest BCUT2D eigenvalue weighted by Gasteiger charge is 2.33. The van der Waals surface area contributed by atoms with Crippen LogP contribution in [0.15, 0.2) is 89.0 Å². The molecule has 4 amide bonds. The van der Waals surface area contributed by atoms with Gasteiger partial charge in [0, 0.05) is 11.5 Å². The summed E-state index contributed by atoms with van der Waals surface area (Å²) in [5.74, 6) is 0.132. The fourth-order valence-corrected chi connectivity index (χ4v) is 5.96. The molecule has 50 heavy (non-hydrogen) atoms. The minimum atomic E-state index is -0.780. The number of nitrogens with one attached hydrogen (secondary N) is 2. The monoisotopic (exact) mass is 680 g/mol. The molecular weight excluding hydrogens is 632 g/mol. The van der Waals surface area contributed by atoms with Gasteiger partial charge in [0.15, 0.2) is 0 Å². The van der Waals surface area contributed by atoms with Gasteiger partial charge in [-0.15, -0.1) is 0 Å². The summed E-state index contributed by atoms with van der Waals surface area (Å²) >= 11 is 0. The van der Waals surface area contributed by atoms with E-state index in [9.17, 15) is 14.4 Å². The summed E-state index contributed by atoms with van der Waals surface area (Å²) in [6.07, 6.45) is 4.07. The van der Waals surface area contributed by atoms with E-state index in [2.05, 4.69) is 21.7 Å². The van der Waals surface area contributed by atoms with Gasteiger partial charge in [0.1, 0.15) is 11.2 Å². The molecule has 0 saturated heterocycles. The number of aliphatic imine (C=N–C) groups is 1. The van der Waals surface area contributed by atoms with Crippen LogP contribution in [0.4, 0.5) is 25.8 Å². The largest absolute Gasteiger partial charge is 0.444 e. The molecule has 1 saturated carbocycles. The quantitative estimate of drug-likeness (QED) is 0.199. The summed E-state index contributed by atoms with van der Waals surface area (Å²) in [6, 6.07) is 25.0. The molecule has 5 rings (SSSR count). The zero-order valence-corrected chi connectivity index (χ0v) is 29.9. The standard InChI is InChI=1S/C39H48N6O5/c1-38(2,3)49-35(46)41-34(42-36(47)50-39(4,5)6)40-30-23-21-28(22-24-30)25-44-32-20-14-13-19-31(32)33(29-17-11-8-12-18-29)43-45(37(44)48)26-27-15-9-7-10-16-27/h7,9-10,13-16,19-24,29H,8,11-12,17-18,25-26H2,1-6H3,(H2,40,41,42,46,47). The Kier molecular flexibility index (Phi) is 11.2. The molecule has 2 N–H and O–H groups in total. The van der Waals surface area contributed by atoms with Crippen molar-refractivity contribution in [3.8, 4) is 0 Å². The van der Waals surface area contributed by atoms with Crippen molar-refractivity contribution in [3.05, 3.63) is 95.6 Å². The maximum Gasteiger partial charge on any atom is 0.414 e. The number of nitrogens with zero attached hydrogens (tertiary/aromatic N) is 4. The van der Waals surface area contributed by atoms with Crippen LogP contribution in [0.1, 0.15) is 90.3 Å². The van der Waals surface area contributed by atoms with E-state index in [0.717, 1.165) is 53.8 Å². The molecule has 1 aliphatic heterocycles. The number of carbonyl (C=O) groups excluding carboxylic acids is 3. The average molecular weight is 681 g/mol. The summed E-state index contributed by atoms with van der Waals surface area (Å²) in [4.78, 5) is 45.8. The van der Waals surface area contributed by atoms with Crippen LogP contribution in [0.3, 0.4) is 0 Å². The number of ether oxygens (including phenoxy) is 2. The zero-order valence-electron chi connectivity index (χ0n) is 29.9. The summed E-state index contributed by atoms with van der Waals surface area (Å²) in [6.45, 7) is 11.1. The van der Waals surface area contributed by atoms with Crippen LogP contribution in [0.2, 0.25) is 0 Å². The fraction of sp³-hybridized carbons (Fsp3) is 0.410. The van der Waals surface area contributed by atoms with Crippen LogP contribution in [0.25, 0.3) is 0 Å². The van der Waals surface area contributed by atoms with Crippen LogP contribution in [0, 0.1) is 5.92 Å². The first-order chi connectivity index (χ1) is 23.7. The predicted molar refractivity (Wildman–Crippen MR) is 195 cm³/mol. The second kappa shape index (κ2) is 15.6. The first kappa shape index (κ1) is 36.1. The van der Waals surface area contributed by atoms with Crippen LogP contribution in [-0.4, -0.2) is 46.1 Å². The molecule has 11 heteroatoms. The lowest BCUT2D eigenvalue weighted by Crippen LogP contribution is -2.47. The Morgan fingerprint density at radius 2 is 1.32 bits per heavy atom. The van der Waals surface area contributed by atoms with Crippen molar-refractivity contribution < 1.29 is 23.9 Å². The summed E-state index contributed by atoms with van der Waals surface area (Å²) in [5, 5.41) is 11.7. The highest BCUT2D eigenvalue weighted by molar-refractivity contribution is 6.11. The first-order valence-electron chi connectivity index (χ1n) is 17.2. The van der Waals surface area contributed by atoms with Crippen molar-refractivity contribution in [3.63, 3.8) is 0 Å². The minimum Gasteiger partial charge on any atom is -0.444 e. The molecule has 0 radical (unpaired) electrons. The lowest BCUT2D eigenvalue weighted by molar-refractivity contribution is 0.0545. The fourth-order valence-electron chi connectivity index (χ4n) is 5.96. The second-order valence-electron chi connectivity index (χ2n) is 14.6. The number of urea groups is 1. The van der Waals surface area contributed by atoms with Gasteiger partial charge in [-0.3, -0.25) is 15.5 Å². The number of alkyl carbamates (subject to hydrolysis) is 2. The molecule has 1 aliphatic carbocycles. The SMILES string of the molecule is CC(C)(C)OC(=O)NC(=Nc1ccc(CN2C(=O)N(Cc3ccccc3)N=C(C3CCCCC3)c3ccccc32)cc1)NC(=O)OC(C)(C)C. The number of anilines is 1. The molecule has 0 spiro atoms. The third-order valence-corrected chi connectivity index (χ3v) is 8.07. The molecule has 11 nitrogen and oxygen atoms in total. The van der Waals surface area contributed by atoms with Crippen LogP contribution in [-0.2, 0) is 22.6 Å². The van der Waals surface area contributed by atoms with Gasteiger partial charge in [0.05, 0.1) is 30.2 Å². The van der Waals surface area contributed by atoms with Crippen molar-refractivity contribution in [1.29, 1.82) is 0 Å². The van der Waals surface area contributed by atoms with Gasteiger partial charge in [-0.2, -0.15) is 5.10 Å². The van der Waals surface area contributed by atoms with Crippen LogP contribution >= 0.6 is 0 Å². The van der Waals surface area contributed by atoms with Gasteiger partial charge >= 0.3 is 18.2 Å². The number of amides is 4. The summed E-state index contributed by atoms with van der Waals surface area (Å²) in [7, 11) is 0. The van der Waals surface area contributed by atoms with Gasteiger partial charge in [-0.1, -0.05) is 79.9 Å². The molecule has 0 bridgehead atoms. The number of rotatable bonds is 6. The summed E-state index contributed by atoms with van der Waals surface area (Å²) < 4.78 is 10.7. The average Bonchev–Trinajstić information content (AvgIpc) is 3.15. The van der Waals surface area contributed by atoms with Crippen LogP contribution < -0.4 is 15.5 Å². The van der Waals surface area contributed by atoms with Crippen LogP contribution in [0.5, 0.6) is 0 Å². The maximum atomic E-state index is 14.4. The third kappa shape index (κ3) is 10.2. The highest BCUT2D eigenvalue weighted by Crippen LogP contribution is 2.35. The van der Waals surface area contributed by atoms with Crippen molar-refractivity contribution in [1.82, 2.24) is 15.6 Å². The lowest BCUT2D eigenvalue weighted by atomic mass is 9.83. The topological polar surface area (TPSA) is 125 Å². The Bertz CT molecular complexity index is 1690. The third-order valence-electron chi connectivity index (χ3n) is 8.07. The van der Waals surface area contributed by atoms with Crippen molar-refractivity contribution in [2.45, 2.75) is 97.9 Å². The van der Waals surface area contributed by atoms with Crippen molar-refractivity contribution >= 4 is 41.3 Å². The number of fused-ring (bicyclic) bond motifs is 1. The van der Waals surface area contributed by atoms with Gasteiger partial charge in [0.2, 0.25) is 5.96 Å². The molecule has 1 fully saturated rings. The van der Waals surface area contributed by atoms with Gasteiger partial charge in [0.25, 0.3) is 0 Å². The number of benzene rings is 3. The normalized spacial score (nSPS) is 15.3. The van der Waals surface area contributed by atoms with Crippen molar-refractivity contribution in [2.24, 2.45) is 16.0 Å². The number of para-hydroxylation sites is 1. The highest BCUT2D eigenvalue weighted by atomic mass is 16.6. The minimum absolute atomic E-state index is 0.151. The number of guanidine groups is 1. The van der Waals surface area contributed by atoms with E-state index in [1.54, 1.807) is 63.6 Å². The van der Waals surface area contributed by atoms with E-state index in [0.29, 0.717) is 12.2 Å². The van der Waals surface area contributed by atoms with E-state index in [-0.39, 0.29) is 24.5 Å². The second-order valence-corrected chi connectivity index (χ2v) is 14.6. The molecule has 1 heterocycles. The molecular formula is C39H48N6O5. The number of hydrogen-bond donors (Lipinski definition) is 2. The van der Waals surface area contributed by atoms with E-state index < -0.39 is 23.4 Å². The Balaban J connectivity index is 1.43. The number of hydrazone groups is 1. The van der Waals surface area contributed by atoms with Gasteiger partial charge in [-0.05, 0) is 83.7 Å². The molecule has 3 aromatic rings. The Morgan fingerprint density at radius 1 is 0.760 bits per heavy atom. The zero-order chi connectivity index (χ0) is 35.9.